The second kappa shape index (κ2) is 9.06. The van der Waals surface area contributed by atoms with Crippen molar-refractivity contribution in [3.05, 3.63) is 92.7 Å². The van der Waals surface area contributed by atoms with Crippen LogP contribution >= 0.6 is 35.0 Å². The Morgan fingerprint density at radius 1 is 1.03 bits per heavy atom. The molecule has 0 atom stereocenters. The number of rotatable bonds is 5. The molecule has 0 bridgehead atoms. The van der Waals surface area contributed by atoms with Crippen molar-refractivity contribution in [3.8, 4) is 5.75 Å². The lowest BCUT2D eigenvalue weighted by atomic mass is 10.1. The first-order chi connectivity index (χ1) is 14.9. The molecule has 3 aromatic carbocycles. The Labute approximate surface area is 192 Å². The van der Waals surface area contributed by atoms with Gasteiger partial charge in [0.25, 0.3) is 5.56 Å². The van der Waals surface area contributed by atoms with Gasteiger partial charge in [0.2, 0.25) is 5.91 Å². The third-order valence-corrected chi connectivity index (χ3v) is 6.13. The Morgan fingerprint density at radius 2 is 1.74 bits per heavy atom. The molecule has 4 aromatic rings. The number of halogens is 2. The molecular formula is C23H16Cl2N2O3S. The fraction of sp³-hybridized carbons (Fsp3) is 0.0435. The molecule has 8 heteroatoms. The molecule has 0 saturated heterocycles. The molecule has 0 aliphatic carbocycles. The van der Waals surface area contributed by atoms with Crippen molar-refractivity contribution in [2.75, 3.05) is 5.32 Å². The summed E-state index contributed by atoms with van der Waals surface area (Å²) in [4.78, 5) is 28.2. The minimum absolute atomic E-state index is 0.122. The summed E-state index contributed by atoms with van der Waals surface area (Å²) in [7, 11) is 0. The summed E-state index contributed by atoms with van der Waals surface area (Å²) < 4.78 is 0. The molecule has 156 valence electrons. The number of benzene rings is 3. The van der Waals surface area contributed by atoms with E-state index in [1.807, 2.05) is 30.3 Å². The van der Waals surface area contributed by atoms with Crippen molar-refractivity contribution >= 4 is 57.5 Å². The number of hydrogen-bond acceptors (Lipinski definition) is 4. The molecule has 0 saturated carbocycles. The number of nitrogens with one attached hydrogen (secondary N) is 2. The minimum Gasteiger partial charge on any atom is -0.506 e. The fourth-order valence-electron chi connectivity index (χ4n) is 3.12. The average molecular weight is 471 g/mol. The van der Waals surface area contributed by atoms with Gasteiger partial charge in [0.15, 0.2) is 0 Å². The quantitative estimate of drug-likeness (QED) is 0.340. The van der Waals surface area contributed by atoms with Gasteiger partial charge in [-0.25, -0.2) is 0 Å². The third kappa shape index (κ3) is 4.88. The van der Waals surface area contributed by atoms with Crippen LogP contribution in [0.1, 0.15) is 5.56 Å². The molecule has 4 rings (SSSR count). The molecule has 0 fully saturated rings. The summed E-state index contributed by atoms with van der Waals surface area (Å²) in [5.41, 5.74) is 1.48. The highest BCUT2D eigenvalue weighted by atomic mass is 35.5. The largest absolute Gasteiger partial charge is 0.506 e. The summed E-state index contributed by atoms with van der Waals surface area (Å²) in [5.74, 6) is -0.325. The van der Waals surface area contributed by atoms with Crippen LogP contribution in [0.4, 0.5) is 5.69 Å². The van der Waals surface area contributed by atoms with Gasteiger partial charge in [-0.3, -0.25) is 9.59 Å². The van der Waals surface area contributed by atoms with Crippen LogP contribution in [0, 0.1) is 0 Å². The first-order valence-corrected chi connectivity index (χ1v) is 10.8. The smallest absolute Gasteiger partial charge is 0.266 e. The zero-order valence-electron chi connectivity index (χ0n) is 16.0. The van der Waals surface area contributed by atoms with Crippen LogP contribution in [0.25, 0.3) is 10.9 Å². The van der Waals surface area contributed by atoms with Gasteiger partial charge in [-0.05, 0) is 42.0 Å². The van der Waals surface area contributed by atoms with Crippen LogP contribution in [0.3, 0.4) is 0 Å². The molecule has 5 nitrogen and oxygen atoms in total. The second-order valence-corrected chi connectivity index (χ2v) is 8.71. The summed E-state index contributed by atoms with van der Waals surface area (Å²) in [6.45, 7) is 0. The fourth-order valence-corrected chi connectivity index (χ4v) is 4.55. The zero-order chi connectivity index (χ0) is 22.0. The monoisotopic (exact) mass is 470 g/mol. The number of hydrogen-bond donors (Lipinski definition) is 3. The lowest BCUT2D eigenvalue weighted by molar-refractivity contribution is -0.115. The lowest BCUT2D eigenvalue weighted by Gasteiger charge is -2.10. The number of fused-ring (bicyclic) bond motifs is 1. The Bertz CT molecular complexity index is 1320. The minimum atomic E-state index is -0.450. The highest BCUT2D eigenvalue weighted by molar-refractivity contribution is 7.99. The molecule has 1 amide bonds. The molecule has 0 unspecified atom stereocenters. The average Bonchev–Trinajstić information content (AvgIpc) is 2.72. The van der Waals surface area contributed by atoms with Crippen molar-refractivity contribution in [2.24, 2.45) is 0 Å². The molecule has 3 N–H and O–H groups in total. The number of anilines is 1. The second-order valence-electron chi connectivity index (χ2n) is 6.78. The molecule has 31 heavy (non-hydrogen) atoms. The van der Waals surface area contributed by atoms with E-state index in [-0.39, 0.29) is 28.0 Å². The summed E-state index contributed by atoms with van der Waals surface area (Å²) in [5, 5.41) is 14.4. The SMILES string of the molecule is O=C(Cc1ccccc1)Nc1ccc(Sc2c(O)c3c(Cl)cc(Cl)cc3[nH]c2=O)cc1. The predicted molar refractivity (Wildman–Crippen MR) is 126 cm³/mol. The standard InChI is InChI=1S/C23H16Cl2N2O3S/c24-14-11-17(25)20-18(12-14)27-23(30)22(21(20)29)31-16-8-6-15(7-9-16)26-19(28)10-13-4-2-1-3-5-13/h1-9,11-12H,10H2,(H,26,28)(H2,27,29,30). The maximum Gasteiger partial charge on any atom is 0.266 e. The van der Waals surface area contributed by atoms with Crippen molar-refractivity contribution in [2.45, 2.75) is 16.2 Å². The van der Waals surface area contributed by atoms with Gasteiger partial charge in [0.05, 0.1) is 22.3 Å². The first-order valence-electron chi connectivity index (χ1n) is 9.26. The molecule has 0 aliphatic rings. The third-order valence-electron chi connectivity index (χ3n) is 4.53. The van der Waals surface area contributed by atoms with Gasteiger partial charge in [-0.2, -0.15) is 0 Å². The highest BCUT2D eigenvalue weighted by Gasteiger charge is 2.16. The van der Waals surface area contributed by atoms with Crippen LogP contribution in [-0.4, -0.2) is 16.0 Å². The van der Waals surface area contributed by atoms with Crippen LogP contribution in [0.2, 0.25) is 10.0 Å². The normalized spacial score (nSPS) is 10.9. The summed E-state index contributed by atoms with van der Waals surface area (Å²) in [6, 6.07) is 19.5. The van der Waals surface area contributed by atoms with E-state index in [9.17, 15) is 14.7 Å². The van der Waals surface area contributed by atoms with E-state index in [1.54, 1.807) is 24.3 Å². The molecule has 1 aromatic heterocycles. The number of aromatic hydroxyl groups is 1. The lowest BCUT2D eigenvalue weighted by Crippen LogP contribution is -2.14. The Kier molecular flexibility index (Phi) is 6.23. The topological polar surface area (TPSA) is 82.2 Å². The maximum absolute atomic E-state index is 12.5. The van der Waals surface area contributed by atoms with E-state index < -0.39 is 5.56 Å². The summed E-state index contributed by atoms with van der Waals surface area (Å²) in [6.07, 6.45) is 0.280. The van der Waals surface area contributed by atoms with Gasteiger partial charge in [0, 0.05) is 15.6 Å². The van der Waals surface area contributed by atoms with E-state index in [0.717, 1.165) is 17.3 Å². The maximum atomic E-state index is 12.5. The number of carbonyl (C=O) groups excluding carboxylic acids is 1. The molecule has 0 aliphatic heterocycles. The van der Waals surface area contributed by atoms with Crippen LogP contribution in [0.15, 0.2) is 81.3 Å². The van der Waals surface area contributed by atoms with Gasteiger partial charge >= 0.3 is 0 Å². The molecule has 1 heterocycles. The van der Waals surface area contributed by atoms with E-state index in [4.69, 9.17) is 23.2 Å². The predicted octanol–water partition coefficient (Wildman–Crippen LogP) is 5.87. The van der Waals surface area contributed by atoms with Crippen molar-refractivity contribution in [1.29, 1.82) is 0 Å². The van der Waals surface area contributed by atoms with E-state index in [2.05, 4.69) is 10.3 Å². The van der Waals surface area contributed by atoms with Crippen LogP contribution < -0.4 is 10.9 Å². The number of carbonyl (C=O) groups is 1. The number of aromatic nitrogens is 1. The van der Waals surface area contributed by atoms with Gasteiger partial charge < -0.3 is 15.4 Å². The Hall–Kier alpha value is -2.93. The van der Waals surface area contributed by atoms with E-state index >= 15 is 0 Å². The number of amides is 1. The van der Waals surface area contributed by atoms with Crippen molar-refractivity contribution < 1.29 is 9.90 Å². The molecular weight excluding hydrogens is 455 g/mol. The number of aromatic amines is 1. The molecule has 0 radical (unpaired) electrons. The van der Waals surface area contributed by atoms with Gasteiger partial charge in [0.1, 0.15) is 10.6 Å². The summed E-state index contributed by atoms with van der Waals surface area (Å²) >= 11 is 13.3. The Morgan fingerprint density at radius 3 is 2.45 bits per heavy atom. The van der Waals surface area contributed by atoms with E-state index in [1.165, 1.54) is 12.1 Å². The Balaban J connectivity index is 1.52. The number of pyridine rings is 1. The molecule has 0 spiro atoms. The van der Waals surface area contributed by atoms with Crippen molar-refractivity contribution in [1.82, 2.24) is 4.98 Å². The van der Waals surface area contributed by atoms with E-state index in [0.29, 0.717) is 26.5 Å². The van der Waals surface area contributed by atoms with Crippen LogP contribution in [-0.2, 0) is 11.2 Å². The van der Waals surface area contributed by atoms with Crippen molar-refractivity contribution in [3.63, 3.8) is 0 Å². The van der Waals surface area contributed by atoms with Gasteiger partial charge in [-0.1, -0.05) is 65.3 Å². The van der Waals surface area contributed by atoms with Gasteiger partial charge in [-0.15, -0.1) is 0 Å². The zero-order valence-corrected chi connectivity index (χ0v) is 18.3. The highest BCUT2D eigenvalue weighted by Crippen LogP contribution is 2.39. The first kappa shape index (κ1) is 21.3. The van der Waals surface area contributed by atoms with Crippen LogP contribution in [0.5, 0.6) is 5.75 Å². The number of H-pyrrole nitrogens is 1.